The quantitative estimate of drug-likeness (QED) is 0.772. The van der Waals surface area contributed by atoms with Crippen molar-refractivity contribution in [2.45, 2.75) is 0 Å². The van der Waals surface area contributed by atoms with Crippen molar-refractivity contribution in [2.24, 2.45) is 0 Å². The predicted molar refractivity (Wildman–Crippen MR) is 65.2 cm³/mol. The molecule has 1 heterocycles. The number of carbonyl (C=O) groups excluding carboxylic acids is 1. The molecule has 1 aromatic carbocycles. The maximum absolute atomic E-state index is 12.0. The first-order chi connectivity index (χ1) is 8.72. The second kappa shape index (κ2) is 5.09. The summed E-state index contributed by atoms with van der Waals surface area (Å²) in [6, 6.07) is 4.91. The largest absolute Gasteiger partial charge is 0.494 e. The van der Waals surface area contributed by atoms with Crippen molar-refractivity contribution in [1.29, 1.82) is 0 Å². The van der Waals surface area contributed by atoms with Crippen molar-refractivity contribution in [2.75, 3.05) is 18.2 Å². The Balaban J connectivity index is 2.27. The van der Waals surface area contributed by atoms with Crippen LogP contribution in [0.3, 0.4) is 0 Å². The average molecular weight is 245 g/mol. The molecule has 0 aliphatic rings. The number of hydrogen-bond acceptors (Lipinski definition) is 6. The number of methoxy groups -OCH3 is 1. The van der Waals surface area contributed by atoms with Gasteiger partial charge < -0.3 is 10.5 Å². The molecule has 0 fully saturated rings. The summed E-state index contributed by atoms with van der Waals surface area (Å²) in [6.07, 6.45) is 2.84. The molecule has 0 saturated heterocycles. The lowest BCUT2D eigenvalue weighted by atomic mass is 10.1. The van der Waals surface area contributed by atoms with Gasteiger partial charge in [0.25, 0.3) is 5.91 Å². The Bertz CT molecular complexity index is 559. The van der Waals surface area contributed by atoms with Crippen molar-refractivity contribution >= 4 is 17.5 Å². The monoisotopic (exact) mass is 245 g/mol. The van der Waals surface area contributed by atoms with Gasteiger partial charge in [0.05, 0.1) is 30.8 Å². The van der Waals surface area contributed by atoms with Gasteiger partial charge in [0.15, 0.2) is 5.75 Å². The third-order valence-corrected chi connectivity index (χ3v) is 2.20. The van der Waals surface area contributed by atoms with Gasteiger partial charge >= 0.3 is 0 Å². The number of para-hydroxylation sites is 1. The van der Waals surface area contributed by atoms with Gasteiger partial charge in [0.2, 0.25) is 5.95 Å². The maximum atomic E-state index is 12.0. The van der Waals surface area contributed by atoms with Gasteiger partial charge in [0.1, 0.15) is 0 Å². The smallest absolute Gasteiger partial charge is 0.261 e. The van der Waals surface area contributed by atoms with E-state index in [1.165, 1.54) is 19.5 Å². The van der Waals surface area contributed by atoms with Gasteiger partial charge in [0, 0.05) is 0 Å². The molecule has 92 valence electrons. The Labute approximate surface area is 103 Å². The SMILES string of the molecule is COc1c(N)cccc1C(=O)Nc1nccnn1. The Morgan fingerprint density at radius 3 is 2.89 bits per heavy atom. The number of nitrogens with zero attached hydrogens (tertiary/aromatic N) is 3. The van der Waals surface area contributed by atoms with Gasteiger partial charge in [-0.15, -0.1) is 5.10 Å². The molecule has 7 nitrogen and oxygen atoms in total. The Morgan fingerprint density at radius 1 is 1.39 bits per heavy atom. The van der Waals surface area contributed by atoms with Crippen LogP contribution in [-0.2, 0) is 0 Å². The van der Waals surface area contributed by atoms with Crippen LogP contribution in [0, 0.1) is 0 Å². The molecule has 1 aromatic heterocycles. The van der Waals surface area contributed by atoms with Gasteiger partial charge in [-0.1, -0.05) is 6.07 Å². The van der Waals surface area contributed by atoms with Gasteiger partial charge in [-0.05, 0) is 12.1 Å². The first-order valence-electron chi connectivity index (χ1n) is 5.10. The highest BCUT2D eigenvalue weighted by Crippen LogP contribution is 2.26. The van der Waals surface area contributed by atoms with E-state index in [9.17, 15) is 4.79 Å². The fourth-order valence-corrected chi connectivity index (χ4v) is 1.44. The van der Waals surface area contributed by atoms with Crippen LogP contribution in [0.4, 0.5) is 11.6 Å². The molecule has 0 radical (unpaired) electrons. The van der Waals surface area contributed by atoms with Crippen LogP contribution in [0.25, 0.3) is 0 Å². The van der Waals surface area contributed by atoms with E-state index in [2.05, 4.69) is 20.5 Å². The minimum atomic E-state index is -0.410. The molecule has 0 atom stereocenters. The second-order valence-electron chi connectivity index (χ2n) is 3.35. The zero-order valence-corrected chi connectivity index (χ0v) is 9.62. The second-order valence-corrected chi connectivity index (χ2v) is 3.35. The molecule has 3 N–H and O–H groups in total. The summed E-state index contributed by atoms with van der Waals surface area (Å²) in [7, 11) is 1.45. The van der Waals surface area contributed by atoms with Crippen LogP contribution in [0.15, 0.2) is 30.6 Å². The van der Waals surface area contributed by atoms with Crippen molar-refractivity contribution in [3.63, 3.8) is 0 Å². The number of nitrogen functional groups attached to an aromatic ring is 1. The lowest BCUT2D eigenvalue weighted by Gasteiger charge is -2.10. The number of carbonyl (C=O) groups is 1. The molecule has 7 heteroatoms. The van der Waals surface area contributed by atoms with Crippen LogP contribution in [-0.4, -0.2) is 28.2 Å². The first-order valence-corrected chi connectivity index (χ1v) is 5.10. The highest BCUT2D eigenvalue weighted by atomic mass is 16.5. The molecule has 0 saturated carbocycles. The van der Waals surface area contributed by atoms with E-state index in [1.807, 2.05) is 0 Å². The van der Waals surface area contributed by atoms with Crippen molar-refractivity contribution in [3.05, 3.63) is 36.2 Å². The van der Waals surface area contributed by atoms with Crippen LogP contribution >= 0.6 is 0 Å². The van der Waals surface area contributed by atoms with Crippen LogP contribution in [0.1, 0.15) is 10.4 Å². The summed E-state index contributed by atoms with van der Waals surface area (Å²) in [4.78, 5) is 15.8. The minimum absolute atomic E-state index is 0.118. The molecule has 0 spiro atoms. The normalized spacial score (nSPS) is 9.83. The maximum Gasteiger partial charge on any atom is 0.261 e. The Hall–Kier alpha value is -2.70. The number of amides is 1. The summed E-state index contributed by atoms with van der Waals surface area (Å²) in [6.45, 7) is 0. The molecule has 0 aliphatic carbocycles. The number of aromatic nitrogens is 3. The van der Waals surface area contributed by atoms with E-state index in [0.717, 1.165) is 0 Å². The minimum Gasteiger partial charge on any atom is -0.494 e. The van der Waals surface area contributed by atoms with E-state index in [4.69, 9.17) is 10.5 Å². The number of nitrogens with one attached hydrogen (secondary N) is 1. The van der Waals surface area contributed by atoms with Crippen LogP contribution in [0.2, 0.25) is 0 Å². The molecule has 2 aromatic rings. The van der Waals surface area contributed by atoms with Crippen molar-refractivity contribution in [1.82, 2.24) is 15.2 Å². The van der Waals surface area contributed by atoms with E-state index in [-0.39, 0.29) is 5.95 Å². The van der Waals surface area contributed by atoms with E-state index in [0.29, 0.717) is 17.0 Å². The Kier molecular flexibility index (Phi) is 3.33. The number of hydrogen-bond donors (Lipinski definition) is 2. The van der Waals surface area contributed by atoms with Crippen LogP contribution < -0.4 is 15.8 Å². The summed E-state index contributed by atoms with van der Waals surface area (Å²) in [5.41, 5.74) is 6.41. The van der Waals surface area contributed by atoms with E-state index < -0.39 is 5.91 Å². The number of rotatable bonds is 3. The van der Waals surface area contributed by atoms with Gasteiger partial charge in [-0.25, -0.2) is 4.98 Å². The molecule has 0 bridgehead atoms. The highest BCUT2D eigenvalue weighted by molar-refractivity contribution is 6.06. The highest BCUT2D eigenvalue weighted by Gasteiger charge is 2.15. The lowest BCUT2D eigenvalue weighted by Crippen LogP contribution is -2.16. The molecule has 18 heavy (non-hydrogen) atoms. The summed E-state index contributed by atoms with van der Waals surface area (Å²) < 4.78 is 5.09. The fraction of sp³-hybridized carbons (Fsp3) is 0.0909. The third-order valence-electron chi connectivity index (χ3n) is 2.20. The molecule has 0 aliphatic heterocycles. The zero-order chi connectivity index (χ0) is 13.0. The zero-order valence-electron chi connectivity index (χ0n) is 9.62. The molecule has 0 unspecified atom stereocenters. The third kappa shape index (κ3) is 2.34. The number of ether oxygens (including phenoxy) is 1. The molecule has 1 amide bonds. The lowest BCUT2D eigenvalue weighted by molar-refractivity contribution is 0.102. The van der Waals surface area contributed by atoms with Crippen LogP contribution in [0.5, 0.6) is 5.75 Å². The van der Waals surface area contributed by atoms with E-state index in [1.54, 1.807) is 18.2 Å². The average Bonchev–Trinajstić information content (AvgIpc) is 2.39. The molecule has 2 rings (SSSR count). The standard InChI is InChI=1S/C11H11N5O2/c1-18-9-7(3-2-4-8(9)12)10(17)15-11-13-5-6-14-16-11/h2-6H,12H2,1H3,(H,13,15,16,17). The summed E-state index contributed by atoms with van der Waals surface area (Å²) in [5, 5.41) is 9.77. The number of anilines is 2. The number of benzene rings is 1. The summed E-state index contributed by atoms with van der Waals surface area (Å²) in [5.74, 6) is 0.0259. The van der Waals surface area contributed by atoms with Crippen molar-refractivity contribution in [3.8, 4) is 5.75 Å². The summed E-state index contributed by atoms with van der Waals surface area (Å²) >= 11 is 0. The van der Waals surface area contributed by atoms with E-state index >= 15 is 0 Å². The Morgan fingerprint density at radius 2 is 2.22 bits per heavy atom. The topological polar surface area (TPSA) is 103 Å². The number of nitrogens with two attached hydrogens (primary N) is 1. The van der Waals surface area contributed by atoms with Gasteiger partial charge in [-0.3, -0.25) is 10.1 Å². The molecular weight excluding hydrogens is 234 g/mol. The fourth-order valence-electron chi connectivity index (χ4n) is 1.44. The van der Waals surface area contributed by atoms with Crippen molar-refractivity contribution < 1.29 is 9.53 Å². The van der Waals surface area contributed by atoms with Gasteiger partial charge in [-0.2, -0.15) is 5.10 Å². The molecular formula is C11H11N5O2. The predicted octanol–water partition coefficient (Wildman–Crippen LogP) is 0.715. The first kappa shape index (κ1) is 11.8.